The van der Waals surface area contributed by atoms with Gasteiger partial charge in [0.2, 0.25) is 5.91 Å². The van der Waals surface area contributed by atoms with Crippen LogP contribution in [-0.2, 0) is 26.2 Å². The lowest BCUT2D eigenvalue weighted by Crippen LogP contribution is -2.69. The highest BCUT2D eigenvalue weighted by molar-refractivity contribution is 5.94. The van der Waals surface area contributed by atoms with Crippen molar-refractivity contribution in [1.82, 2.24) is 10.2 Å². The monoisotopic (exact) mass is 466 g/mol. The summed E-state index contributed by atoms with van der Waals surface area (Å²) in [5.74, 6) is 2.13. The van der Waals surface area contributed by atoms with Gasteiger partial charge in [-0.25, -0.2) is 4.79 Å². The summed E-state index contributed by atoms with van der Waals surface area (Å²) in [7, 11) is 1.29. The Hall–Kier alpha value is -2.54. The number of nitrogens with one attached hydrogen (secondary N) is 1. The first-order valence-electron chi connectivity index (χ1n) is 12.8. The largest absolute Gasteiger partial charge is 0.504 e. The molecule has 2 bridgehead atoms. The highest BCUT2D eigenvalue weighted by Crippen LogP contribution is 2.64. The first-order valence-corrected chi connectivity index (χ1v) is 12.8. The van der Waals surface area contributed by atoms with Gasteiger partial charge in [-0.3, -0.25) is 9.69 Å². The Kier molecular flexibility index (Phi) is 5.17. The summed E-state index contributed by atoms with van der Waals surface area (Å²) in [6.45, 7) is 4.53. The van der Waals surface area contributed by atoms with Gasteiger partial charge in [-0.05, 0) is 68.0 Å². The molecule has 7 nitrogen and oxygen atoms in total. The van der Waals surface area contributed by atoms with Crippen LogP contribution in [0.2, 0.25) is 0 Å². The van der Waals surface area contributed by atoms with Crippen LogP contribution in [0.4, 0.5) is 0 Å². The molecule has 2 unspecified atom stereocenters. The maximum absolute atomic E-state index is 12.6. The number of methoxy groups -OCH3 is 1. The molecule has 1 aromatic rings. The maximum atomic E-state index is 12.6. The number of piperidine rings is 1. The minimum absolute atomic E-state index is 0.177. The second-order valence-electron chi connectivity index (χ2n) is 10.9. The average molecular weight is 467 g/mol. The second kappa shape index (κ2) is 8.01. The third kappa shape index (κ3) is 3.19. The Morgan fingerprint density at radius 1 is 1.29 bits per heavy atom. The predicted octanol–water partition coefficient (Wildman–Crippen LogP) is 2.69. The molecule has 7 heteroatoms. The van der Waals surface area contributed by atoms with Gasteiger partial charge in [0.1, 0.15) is 6.10 Å². The number of hydrogen-bond donors (Lipinski definition) is 2. The molecule has 1 spiro atoms. The lowest BCUT2D eigenvalue weighted by molar-refractivity contribution is -0.135. The van der Waals surface area contributed by atoms with E-state index >= 15 is 0 Å². The predicted molar refractivity (Wildman–Crippen MR) is 126 cm³/mol. The summed E-state index contributed by atoms with van der Waals surface area (Å²) in [6, 6.07) is 4.16. The maximum Gasteiger partial charge on any atom is 0.330 e. The number of phenols is 1. The minimum atomic E-state index is -0.556. The topological polar surface area (TPSA) is 88.1 Å². The molecule has 34 heavy (non-hydrogen) atoms. The van der Waals surface area contributed by atoms with Crippen LogP contribution in [0, 0.1) is 17.8 Å². The third-order valence-electron chi connectivity index (χ3n) is 9.39. The number of rotatable bonds is 6. The molecule has 1 saturated heterocycles. The number of benzene rings is 1. The molecular formula is C27H34N2O5. The van der Waals surface area contributed by atoms with Crippen LogP contribution in [0.25, 0.3) is 0 Å². The van der Waals surface area contributed by atoms with Crippen LogP contribution in [0.1, 0.15) is 50.2 Å². The van der Waals surface area contributed by atoms with Gasteiger partial charge in [0.05, 0.1) is 13.2 Å². The number of carbonyl (C=O) groups is 2. The fourth-order valence-corrected chi connectivity index (χ4v) is 7.78. The molecule has 3 aliphatic carbocycles. The molecule has 3 fully saturated rings. The molecule has 2 heterocycles. The van der Waals surface area contributed by atoms with Gasteiger partial charge in [0, 0.05) is 35.7 Å². The molecule has 1 amide bonds. The zero-order valence-corrected chi connectivity index (χ0v) is 20.0. The second-order valence-corrected chi connectivity index (χ2v) is 10.9. The fourth-order valence-electron chi connectivity index (χ4n) is 7.78. The van der Waals surface area contributed by atoms with Crippen LogP contribution >= 0.6 is 0 Å². The summed E-state index contributed by atoms with van der Waals surface area (Å²) in [4.78, 5) is 26.8. The first kappa shape index (κ1) is 22.0. The number of hydrogen-bond acceptors (Lipinski definition) is 6. The smallest absolute Gasteiger partial charge is 0.330 e. The van der Waals surface area contributed by atoms with Crippen molar-refractivity contribution in [3.63, 3.8) is 0 Å². The fraction of sp³-hybridized carbons (Fsp3) is 0.630. The van der Waals surface area contributed by atoms with E-state index in [1.165, 1.54) is 43.7 Å². The van der Waals surface area contributed by atoms with Gasteiger partial charge in [-0.1, -0.05) is 19.4 Å². The van der Waals surface area contributed by atoms with Gasteiger partial charge < -0.3 is 19.9 Å². The van der Waals surface area contributed by atoms with Crippen molar-refractivity contribution in [3.8, 4) is 11.5 Å². The molecule has 5 aliphatic rings. The minimum Gasteiger partial charge on any atom is -0.504 e. The number of ether oxygens (including phenoxy) is 2. The molecule has 0 aromatic heterocycles. The average Bonchev–Trinajstić information content (AvgIpc) is 3.50. The zero-order chi connectivity index (χ0) is 23.6. The molecule has 1 aromatic carbocycles. The van der Waals surface area contributed by atoms with E-state index in [2.05, 4.69) is 27.9 Å². The molecule has 0 radical (unpaired) electrons. The van der Waals surface area contributed by atoms with Crippen molar-refractivity contribution in [1.29, 1.82) is 0 Å². The number of nitrogens with zero attached hydrogens (tertiary/aromatic N) is 1. The summed E-state index contributed by atoms with van der Waals surface area (Å²) in [5.41, 5.74) is 2.31. The van der Waals surface area contributed by atoms with Crippen LogP contribution in [0.5, 0.6) is 11.5 Å². The van der Waals surface area contributed by atoms with Crippen molar-refractivity contribution in [2.75, 3.05) is 20.2 Å². The quantitative estimate of drug-likeness (QED) is 0.495. The number of esters is 1. The van der Waals surface area contributed by atoms with E-state index in [1.54, 1.807) is 6.07 Å². The van der Waals surface area contributed by atoms with Crippen molar-refractivity contribution in [2.24, 2.45) is 17.8 Å². The molecule has 7 atom stereocenters. The lowest BCUT2D eigenvalue weighted by Gasteiger charge is -2.59. The van der Waals surface area contributed by atoms with E-state index < -0.39 is 5.97 Å². The lowest BCUT2D eigenvalue weighted by atomic mass is 9.51. The van der Waals surface area contributed by atoms with Gasteiger partial charge in [0.25, 0.3) is 0 Å². The number of amides is 1. The van der Waals surface area contributed by atoms with Crippen molar-refractivity contribution >= 4 is 11.9 Å². The van der Waals surface area contributed by atoms with Crippen LogP contribution < -0.4 is 10.1 Å². The Bertz CT molecular complexity index is 1050. The van der Waals surface area contributed by atoms with E-state index in [9.17, 15) is 14.7 Å². The molecule has 2 saturated carbocycles. The van der Waals surface area contributed by atoms with Gasteiger partial charge in [0.15, 0.2) is 11.5 Å². The van der Waals surface area contributed by atoms with E-state index in [4.69, 9.17) is 4.74 Å². The van der Waals surface area contributed by atoms with Crippen molar-refractivity contribution in [3.05, 3.63) is 35.4 Å². The van der Waals surface area contributed by atoms with Crippen LogP contribution in [0.15, 0.2) is 24.3 Å². The third-order valence-corrected chi connectivity index (χ3v) is 9.39. The number of phenolic OH excluding ortho intramolecular Hbond substituents is 1. The molecular weight excluding hydrogens is 432 g/mol. The molecule has 6 rings (SSSR count). The summed E-state index contributed by atoms with van der Waals surface area (Å²) in [5, 5.41) is 13.8. The standard InChI is InChI=1S/C27H34N2O5/c1-3-15-12-17(15)14-29-11-10-27-18-5-6-19(28-22(31)8-9-23(32)33-2)26(27)34-25-21(30)7-4-16(24(25)27)13-20(18)29/h4,7-9,15,17-20,26,30H,3,5-6,10-14H2,1-2H3,(H,28,31)/t15?,17?,18-,19-,20+,26-,27-/m0/s1. The molecule has 182 valence electrons. The van der Waals surface area contributed by atoms with Gasteiger partial charge in [-0.15, -0.1) is 0 Å². The van der Waals surface area contributed by atoms with Crippen LogP contribution in [0.3, 0.4) is 0 Å². The van der Waals surface area contributed by atoms with E-state index in [0.29, 0.717) is 17.7 Å². The summed E-state index contributed by atoms with van der Waals surface area (Å²) < 4.78 is 11.1. The SMILES string of the molecule is CCC1CC1CN1CC[C@]23c4c5ccc(O)c4O[C@H]2[C@@H](NC(=O)C=CC(=O)OC)CC[C@H]3[C@H]1C5. The van der Waals surface area contributed by atoms with Crippen molar-refractivity contribution < 1.29 is 24.2 Å². The highest BCUT2D eigenvalue weighted by Gasteiger charge is 2.66. The van der Waals surface area contributed by atoms with E-state index in [-0.39, 0.29) is 29.2 Å². The Morgan fingerprint density at radius 2 is 2.15 bits per heavy atom. The first-order chi connectivity index (χ1) is 16.5. The summed E-state index contributed by atoms with van der Waals surface area (Å²) in [6.07, 6.45) is 8.64. The number of carbonyl (C=O) groups excluding carboxylic acids is 2. The number of aromatic hydroxyl groups is 1. The van der Waals surface area contributed by atoms with Crippen molar-refractivity contribution in [2.45, 2.75) is 69.1 Å². The molecule has 2 aliphatic heterocycles. The Balaban J connectivity index is 1.31. The zero-order valence-electron chi connectivity index (χ0n) is 20.0. The normalized spacial score (nSPS) is 37.1. The molecule has 2 N–H and O–H groups in total. The van der Waals surface area contributed by atoms with E-state index in [1.807, 2.05) is 0 Å². The number of likely N-dealkylation sites (tertiary alicyclic amines) is 1. The Labute approximate surface area is 200 Å². The summed E-state index contributed by atoms with van der Waals surface area (Å²) >= 11 is 0. The highest BCUT2D eigenvalue weighted by atomic mass is 16.5. The Morgan fingerprint density at radius 3 is 2.91 bits per heavy atom. The van der Waals surface area contributed by atoms with Gasteiger partial charge >= 0.3 is 5.97 Å². The van der Waals surface area contributed by atoms with E-state index in [0.717, 1.165) is 50.1 Å². The van der Waals surface area contributed by atoms with Gasteiger partial charge in [-0.2, -0.15) is 0 Å². The van der Waals surface area contributed by atoms with Crippen LogP contribution in [-0.4, -0.2) is 60.3 Å².